The first-order chi connectivity index (χ1) is 20.7. The van der Waals surface area contributed by atoms with E-state index in [4.69, 9.17) is 9.84 Å². The van der Waals surface area contributed by atoms with E-state index in [1.165, 1.54) is 25.0 Å². The average molecular weight is 581 g/mol. The monoisotopic (exact) mass is 580 g/mol. The Labute approximate surface area is 248 Å². The average Bonchev–Trinajstić information content (AvgIpc) is 3.74. The molecule has 2 aliphatic heterocycles. The van der Waals surface area contributed by atoms with Crippen molar-refractivity contribution in [2.24, 2.45) is 11.8 Å². The Balaban J connectivity index is 1.09. The van der Waals surface area contributed by atoms with E-state index in [1.807, 2.05) is 18.2 Å². The fraction of sp³-hybridized carbons (Fsp3) is 0.382. The van der Waals surface area contributed by atoms with Gasteiger partial charge in [-0.05, 0) is 91.6 Å². The second-order valence-corrected chi connectivity index (χ2v) is 12.9. The molecule has 1 saturated heterocycles. The number of aliphatic hydroxyl groups is 1. The molecule has 9 heteroatoms. The topological polar surface area (TPSA) is 136 Å². The van der Waals surface area contributed by atoms with Crippen molar-refractivity contribution in [3.05, 3.63) is 77.4 Å². The molecule has 1 amide bonds. The van der Waals surface area contributed by atoms with Crippen LogP contribution in [0.1, 0.15) is 47.2 Å². The number of aromatic hydroxyl groups is 1. The zero-order chi connectivity index (χ0) is 29.7. The molecule has 0 radical (unpaired) electrons. The van der Waals surface area contributed by atoms with Crippen molar-refractivity contribution in [2.45, 2.75) is 55.3 Å². The number of phenolic OH excluding ortho intramolecular Hbond substituents is 1. The number of hydrogen-bond acceptors (Lipinski definition) is 7. The fourth-order valence-corrected chi connectivity index (χ4v) is 8.30. The number of phenols is 1. The molecule has 2 heterocycles. The largest absolute Gasteiger partial charge is 0.504 e. The highest BCUT2D eigenvalue weighted by molar-refractivity contribution is 6.10. The van der Waals surface area contributed by atoms with Gasteiger partial charge in [0, 0.05) is 23.8 Å². The van der Waals surface area contributed by atoms with Crippen molar-refractivity contribution in [2.75, 3.05) is 18.4 Å². The SMILES string of the molecule is O=C(O)c1ccc(-c2ccc(NC(=O)C3C[C@@]4(O)[C@H]5Cc6ccc(O)c7c6[C@@]4(CCN5CC4CC4)[C@@H](O7)C3=O)cc2)cc1. The second-order valence-electron chi connectivity index (χ2n) is 12.9. The predicted molar refractivity (Wildman–Crippen MR) is 156 cm³/mol. The molecule has 2 saturated carbocycles. The second kappa shape index (κ2) is 9.14. The van der Waals surface area contributed by atoms with Gasteiger partial charge in [-0.25, -0.2) is 4.79 Å². The number of ether oxygens (including phenoxy) is 1. The summed E-state index contributed by atoms with van der Waals surface area (Å²) in [5, 5.41) is 35.5. The number of Topliss-reactive ketones (excluding diaryl/α,β-unsaturated/α-hetero) is 1. The predicted octanol–water partition coefficient (Wildman–Crippen LogP) is 3.76. The van der Waals surface area contributed by atoms with Crippen molar-refractivity contribution < 1.29 is 34.4 Å². The Kier molecular flexibility index (Phi) is 5.62. The number of rotatable bonds is 6. The number of carbonyl (C=O) groups is 3. The summed E-state index contributed by atoms with van der Waals surface area (Å²) in [7, 11) is 0. The molecule has 0 aromatic heterocycles. The van der Waals surface area contributed by atoms with Gasteiger partial charge in [-0.2, -0.15) is 0 Å². The molecule has 2 bridgehead atoms. The molecular formula is C34H32N2O7. The molecule has 5 aliphatic rings. The van der Waals surface area contributed by atoms with E-state index < -0.39 is 34.9 Å². The molecular weight excluding hydrogens is 548 g/mol. The summed E-state index contributed by atoms with van der Waals surface area (Å²) in [4.78, 5) is 41.4. The van der Waals surface area contributed by atoms with Crippen LogP contribution in [0.25, 0.3) is 11.1 Å². The smallest absolute Gasteiger partial charge is 0.335 e. The van der Waals surface area contributed by atoms with Crippen LogP contribution in [-0.2, 0) is 21.4 Å². The summed E-state index contributed by atoms with van der Waals surface area (Å²) in [6, 6.07) is 16.9. The van der Waals surface area contributed by atoms with Crippen molar-refractivity contribution in [1.29, 1.82) is 0 Å². The highest BCUT2D eigenvalue weighted by Gasteiger charge is 2.75. The molecule has 3 aliphatic carbocycles. The van der Waals surface area contributed by atoms with E-state index in [9.17, 15) is 24.6 Å². The number of piperidine rings is 1. The number of likely N-dealkylation sites (tertiary alicyclic amines) is 1. The molecule has 1 spiro atoms. The van der Waals surface area contributed by atoms with Crippen LogP contribution >= 0.6 is 0 Å². The van der Waals surface area contributed by atoms with Gasteiger partial charge in [0.1, 0.15) is 5.92 Å². The molecule has 1 unspecified atom stereocenters. The molecule has 220 valence electrons. The lowest BCUT2D eigenvalue weighted by molar-refractivity contribution is -0.197. The van der Waals surface area contributed by atoms with Crippen LogP contribution in [0.4, 0.5) is 5.69 Å². The molecule has 5 atom stereocenters. The van der Waals surface area contributed by atoms with E-state index in [0.717, 1.165) is 35.3 Å². The number of carbonyl (C=O) groups excluding carboxylic acids is 2. The lowest BCUT2D eigenvalue weighted by Crippen LogP contribution is -2.78. The van der Waals surface area contributed by atoms with Gasteiger partial charge in [-0.3, -0.25) is 14.5 Å². The number of hydrogen-bond donors (Lipinski definition) is 4. The Bertz CT molecular complexity index is 1680. The van der Waals surface area contributed by atoms with Crippen LogP contribution in [0.15, 0.2) is 60.7 Å². The number of carboxylic acid groups (broad SMARTS) is 1. The minimum Gasteiger partial charge on any atom is -0.504 e. The zero-order valence-corrected chi connectivity index (χ0v) is 23.5. The van der Waals surface area contributed by atoms with Crippen molar-refractivity contribution in [1.82, 2.24) is 4.90 Å². The number of carboxylic acids is 1. The van der Waals surface area contributed by atoms with Crippen LogP contribution in [0.3, 0.4) is 0 Å². The molecule has 3 aromatic carbocycles. The first kappa shape index (κ1) is 26.4. The van der Waals surface area contributed by atoms with Crippen LogP contribution in [-0.4, -0.2) is 68.7 Å². The third kappa shape index (κ3) is 3.74. The standard InChI is InChI=1S/C34H32N2O7/c37-25-12-9-22-15-26-34(42)16-24(28(38)30-33(34,27(22)29(25)43-30)13-14-36(26)17-18-1-2-18)31(39)35-23-10-7-20(8-11-23)19-3-5-21(6-4-19)32(40)41/h3-12,18,24,26,30,37,42H,1-2,13-17H2,(H,35,39)(H,40,41)/t24?,26-,30+,33+,34-/m1/s1. The number of aromatic carboxylic acids is 1. The van der Waals surface area contributed by atoms with E-state index in [0.29, 0.717) is 24.4 Å². The fourth-order valence-electron chi connectivity index (χ4n) is 8.30. The summed E-state index contributed by atoms with van der Waals surface area (Å²) >= 11 is 0. The summed E-state index contributed by atoms with van der Waals surface area (Å²) in [6.07, 6.45) is 2.40. The number of anilines is 1. The Morgan fingerprint density at radius 3 is 2.37 bits per heavy atom. The number of ketones is 1. The van der Waals surface area contributed by atoms with Crippen LogP contribution in [0.2, 0.25) is 0 Å². The summed E-state index contributed by atoms with van der Waals surface area (Å²) < 4.78 is 6.24. The molecule has 3 fully saturated rings. The van der Waals surface area contributed by atoms with Gasteiger partial charge in [-0.15, -0.1) is 0 Å². The van der Waals surface area contributed by atoms with E-state index >= 15 is 0 Å². The normalized spacial score (nSPS) is 30.3. The summed E-state index contributed by atoms with van der Waals surface area (Å²) in [6.45, 7) is 1.62. The minimum absolute atomic E-state index is 0.00803. The van der Waals surface area contributed by atoms with Gasteiger partial charge in [-0.1, -0.05) is 30.3 Å². The number of nitrogens with zero attached hydrogens (tertiary/aromatic N) is 1. The molecule has 3 aromatic rings. The van der Waals surface area contributed by atoms with Crippen LogP contribution < -0.4 is 10.1 Å². The van der Waals surface area contributed by atoms with Crippen molar-refractivity contribution in [3.8, 4) is 22.6 Å². The maximum absolute atomic E-state index is 14.1. The maximum Gasteiger partial charge on any atom is 0.335 e. The van der Waals surface area contributed by atoms with E-state index in [1.54, 1.807) is 30.3 Å². The van der Waals surface area contributed by atoms with Gasteiger partial charge in [0.15, 0.2) is 23.4 Å². The van der Waals surface area contributed by atoms with Crippen LogP contribution in [0, 0.1) is 11.8 Å². The summed E-state index contributed by atoms with van der Waals surface area (Å²) in [5.74, 6) is -2.12. The third-order valence-corrected chi connectivity index (χ3v) is 10.6. The van der Waals surface area contributed by atoms with Gasteiger partial charge in [0.2, 0.25) is 5.91 Å². The van der Waals surface area contributed by atoms with Gasteiger partial charge < -0.3 is 25.4 Å². The molecule has 43 heavy (non-hydrogen) atoms. The lowest BCUT2D eigenvalue weighted by Gasteiger charge is -2.63. The molecule has 8 rings (SSSR count). The van der Waals surface area contributed by atoms with E-state index in [2.05, 4.69) is 10.2 Å². The van der Waals surface area contributed by atoms with Crippen molar-refractivity contribution in [3.63, 3.8) is 0 Å². The Morgan fingerprint density at radius 1 is 1.00 bits per heavy atom. The van der Waals surface area contributed by atoms with Gasteiger partial charge in [0.05, 0.1) is 16.6 Å². The number of benzene rings is 3. The van der Waals surface area contributed by atoms with Gasteiger partial charge >= 0.3 is 5.97 Å². The summed E-state index contributed by atoms with van der Waals surface area (Å²) in [5.41, 5.74) is 1.76. The van der Waals surface area contributed by atoms with E-state index in [-0.39, 0.29) is 35.3 Å². The lowest BCUT2D eigenvalue weighted by atomic mass is 9.47. The molecule has 9 nitrogen and oxygen atoms in total. The van der Waals surface area contributed by atoms with Crippen molar-refractivity contribution >= 4 is 23.3 Å². The first-order valence-electron chi connectivity index (χ1n) is 15.0. The highest BCUT2D eigenvalue weighted by Crippen LogP contribution is 2.65. The number of nitrogens with one attached hydrogen (secondary N) is 1. The minimum atomic E-state index is -1.38. The quantitative estimate of drug-likeness (QED) is 0.324. The maximum atomic E-state index is 14.1. The third-order valence-electron chi connectivity index (χ3n) is 10.6. The Morgan fingerprint density at radius 2 is 1.70 bits per heavy atom. The number of amides is 1. The molecule has 4 N–H and O–H groups in total. The zero-order valence-electron chi connectivity index (χ0n) is 23.5. The Hall–Kier alpha value is -4.21. The van der Waals surface area contributed by atoms with Gasteiger partial charge in [0.25, 0.3) is 0 Å². The van der Waals surface area contributed by atoms with Crippen LogP contribution in [0.5, 0.6) is 11.5 Å². The highest BCUT2D eigenvalue weighted by atomic mass is 16.5. The first-order valence-corrected chi connectivity index (χ1v) is 15.0.